The second kappa shape index (κ2) is 6.34. The molecule has 6 nitrogen and oxygen atoms in total. The zero-order valence-corrected chi connectivity index (χ0v) is 10.9. The van der Waals surface area contributed by atoms with E-state index in [1.807, 2.05) is 0 Å². The van der Waals surface area contributed by atoms with Gasteiger partial charge in [-0.1, -0.05) is 13.8 Å². The van der Waals surface area contributed by atoms with Gasteiger partial charge in [0.05, 0.1) is 16.5 Å². The number of rotatable bonds is 6. The molecule has 0 radical (unpaired) electrons. The molecule has 0 saturated carbocycles. The smallest absolute Gasteiger partial charge is 0.364 e. The van der Waals surface area contributed by atoms with Crippen molar-refractivity contribution < 1.29 is 14.8 Å². The van der Waals surface area contributed by atoms with Crippen LogP contribution in [0.25, 0.3) is 0 Å². The van der Waals surface area contributed by atoms with Crippen LogP contribution in [0.15, 0.2) is 17.2 Å². The summed E-state index contributed by atoms with van der Waals surface area (Å²) < 4.78 is 0. The molecular weight excluding hydrogens is 256 g/mol. The summed E-state index contributed by atoms with van der Waals surface area (Å²) in [5.41, 5.74) is -0.0644. The van der Waals surface area contributed by atoms with Gasteiger partial charge in [0.2, 0.25) is 0 Å². The van der Waals surface area contributed by atoms with Crippen LogP contribution in [0.1, 0.15) is 30.6 Å². The van der Waals surface area contributed by atoms with Crippen LogP contribution in [-0.4, -0.2) is 26.7 Å². The fourth-order valence-corrected chi connectivity index (χ4v) is 2.46. The quantitative estimate of drug-likeness (QED) is 0.485. The normalized spacial score (nSPS) is 10.6. The molecule has 0 aromatic carbocycles. The maximum atomic E-state index is 11.0. The summed E-state index contributed by atoms with van der Waals surface area (Å²) in [6, 6.07) is 1.00. The molecule has 98 valence electrons. The molecule has 1 aromatic rings. The van der Waals surface area contributed by atoms with Crippen LogP contribution >= 0.6 is 11.8 Å². The number of carboxylic acids is 1. The molecular formula is C11H14N2O4S. The molecule has 0 atom stereocenters. The molecule has 7 heteroatoms. The Balaban J connectivity index is 2.90. The predicted molar refractivity (Wildman–Crippen MR) is 68.0 cm³/mol. The highest BCUT2D eigenvalue weighted by molar-refractivity contribution is 7.99. The van der Waals surface area contributed by atoms with E-state index in [0.29, 0.717) is 10.8 Å². The molecule has 18 heavy (non-hydrogen) atoms. The van der Waals surface area contributed by atoms with E-state index in [4.69, 9.17) is 5.11 Å². The molecule has 0 spiro atoms. The summed E-state index contributed by atoms with van der Waals surface area (Å²) in [5.74, 6) is -0.331. The van der Waals surface area contributed by atoms with Crippen LogP contribution in [0.2, 0.25) is 0 Å². The maximum Gasteiger partial charge on any atom is 0.364 e. The van der Waals surface area contributed by atoms with Crippen molar-refractivity contribution in [3.8, 4) is 0 Å². The monoisotopic (exact) mass is 270 g/mol. The summed E-state index contributed by atoms with van der Waals surface area (Å²) >= 11 is 1.36. The lowest BCUT2D eigenvalue weighted by molar-refractivity contribution is -0.389. The number of carbonyl (C=O) groups is 1. The van der Waals surface area contributed by atoms with Crippen molar-refractivity contribution >= 4 is 23.5 Å². The van der Waals surface area contributed by atoms with Crippen molar-refractivity contribution in [1.29, 1.82) is 0 Å². The minimum Gasteiger partial charge on any atom is -0.478 e. The van der Waals surface area contributed by atoms with Gasteiger partial charge in [-0.2, -0.15) is 0 Å². The number of aromatic nitrogens is 1. The first-order valence-corrected chi connectivity index (χ1v) is 6.41. The molecule has 0 aliphatic carbocycles. The van der Waals surface area contributed by atoms with Gasteiger partial charge in [0.15, 0.2) is 6.20 Å². The number of hydrogen-bond acceptors (Lipinski definition) is 5. The number of nitrogens with zero attached hydrogens (tertiary/aromatic N) is 2. The Morgan fingerprint density at radius 2 is 2.28 bits per heavy atom. The summed E-state index contributed by atoms with van der Waals surface area (Å²) in [4.78, 5) is 25.0. The number of aromatic carboxylic acids is 1. The average Bonchev–Trinajstić information content (AvgIpc) is 2.28. The molecule has 1 heterocycles. The third-order valence-electron chi connectivity index (χ3n) is 2.22. The van der Waals surface area contributed by atoms with Gasteiger partial charge in [-0.15, -0.1) is 11.8 Å². The molecule has 1 aromatic heterocycles. The lowest BCUT2D eigenvalue weighted by atomic mass is 10.2. The zero-order chi connectivity index (χ0) is 13.7. The average molecular weight is 270 g/mol. The van der Waals surface area contributed by atoms with Crippen LogP contribution in [0.3, 0.4) is 0 Å². The summed E-state index contributed by atoms with van der Waals surface area (Å²) in [7, 11) is 0. The van der Waals surface area contributed by atoms with Crippen LogP contribution in [-0.2, 0) is 0 Å². The Bertz CT molecular complexity index is 462. The van der Waals surface area contributed by atoms with Gasteiger partial charge in [-0.05, 0) is 28.0 Å². The highest BCUT2D eigenvalue weighted by atomic mass is 32.2. The van der Waals surface area contributed by atoms with E-state index >= 15 is 0 Å². The number of hydrogen-bond donors (Lipinski definition) is 1. The first kappa shape index (κ1) is 14.4. The highest BCUT2D eigenvalue weighted by Crippen LogP contribution is 2.26. The lowest BCUT2D eigenvalue weighted by Crippen LogP contribution is -2.03. The zero-order valence-electron chi connectivity index (χ0n) is 10.1. The number of pyridine rings is 1. The van der Waals surface area contributed by atoms with Crippen molar-refractivity contribution in [2.24, 2.45) is 5.92 Å². The number of thioether (sulfide) groups is 1. The summed E-state index contributed by atoms with van der Waals surface area (Å²) in [6.45, 7) is 4.15. The van der Waals surface area contributed by atoms with Crippen molar-refractivity contribution in [3.63, 3.8) is 0 Å². The lowest BCUT2D eigenvalue weighted by Gasteiger charge is -2.05. The Labute approximate surface area is 109 Å². The molecule has 1 N–H and O–H groups in total. The van der Waals surface area contributed by atoms with Crippen molar-refractivity contribution in [3.05, 3.63) is 27.9 Å². The summed E-state index contributed by atoms with van der Waals surface area (Å²) in [5, 5.41) is 19.6. The topological polar surface area (TPSA) is 93.3 Å². The third-order valence-corrected chi connectivity index (χ3v) is 3.30. The van der Waals surface area contributed by atoms with Gasteiger partial charge in [0.25, 0.3) is 0 Å². The molecule has 0 saturated heterocycles. The van der Waals surface area contributed by atoms with Gasteiger partial charge in [-0.3, -0.25) is 0 Å². The molecule has 1 rings (SSSR count). The Hall–Kier alpha value is -1.63. The Kier molecular flexibility index (Phi) is 5.08. The van der Waals surface area contributed by atoms with Crippen LogP contribution in [0.5, 0.6) is 0 Å². The second-order valence-corrected chi connectivity index (χ2v) is 5.27. The Morgan fingerprint density at radius 3 is 2.78 bits per heavy atom. The highest BCUT2D eigenvalue weighted by Gasteiger charge is 2.18. The molecule has 0 fully saturated rings. The van der Waals surface area contributed by atoms with E-state index in [2.05, 4.69) is 18.8 Å². The fraction of sp³-hybridized carbons (Fsp3) is 0.455. The number of carboxylic acid groups (broad SMARTS) is 1. The van der Waals surface area contributed by atoms with Crippen molar-refractivity contribution in [1.82, 2.24) is 4.98 Å². The van der Waals surface area contributed by atoms with Crippen LogP contribution in [0.4, 0.5) is 5.82 Å². The molecule has 0 amide bonds. The standard InChI is InChI=1S/C11H14N2O4S/c1-7(2)3-4-18-9-6-12-10(13(16)17)5-8(9)11(14)15/h5-7H,3-4H2,1-2H3,(H,14,15). The molecule has 0 aliphatic heterocycles. The van der Waals surface area contributed by atoms with E-state index in [0.717, 1.165) is 18.2 Å². The molecule has 0 aliphatic rings. The molecule has 0 unspecified atom stereocenters. The van der Waals surface area contributed by atoms with E-state index in [-0.39, 0.29) is 5.56 Å². The van der Waals surface area contributed by atoms with Gasteiger partial charge in [0, 0.05) is 0 Å². The first-order chi connectivity index (χ1) is 8.41. The van der Waals surface area contributed by atoms with Gasteiger partial charge < -0.3 is 15.2 Å². The van der Waals surface area contributed by atoms with E-state index in [1.165, 1.54) is 18.0 Å². The summed E-state index contributed by atoms with van der Waals surface area (Å²) in [6.07, 6.45) is 2.20. The predicted octanol–water partition coefficient (Wildman–Crippen LogP) is 2.83. The van der Waals surface area contributed by atoms with Crippen molar-refractivity contribution in [2.45, 2.75) is 25.2 Å². The number of nitro groups is 1. The molecule has 0 bridgehead atoms. The van der Waals surface area contributed by atoms with E-state index < -0.39 is 16.7 Å². The van der Waals surface area contributed by atoms with Gasteiger partial charge >= 0.3 is 11.8 Å². The minimum atomic E-state index is -1.17. The van der Waals surface area contributed by atoms with E-state index in [9.17, 15) is 14.9 Å². The second-order valence-electron chi connectivity index (χ2n) is 4.13. The first-order valence-electron chi connectivity index (χ1n) is 5.42. The largest absolute Gasteiger partial charge is 0.478 e. The third kappa shape index (κ3) is 3.99. The van der Waals surface area contributed by atoms with Crippen LogP contribution < -0.4 is 0 Å². The minimum absolute atomic E-state index is 0.0644. The van der Waals surface area contributed by atoms with E-state index in [1.54, 1.807) is 0 Å². The van der Waals surface area contributed by atoms with Crippen molar-refractivity contribution in [2.75, 3.05) is 5.75 Å². The maximum absolute atomic E-state index is 11.0. The SMILES string of the molecule is CC(C)CCSc1cnc([N+](=O)[O-])cc1C(=O)O. The fourth-order valence-electron chi connectivity index (χ4n) is 1.22. The van der Waals surface area contributed by atoms with Gasteiger partial charge in [0.1, 0.15) is 0 Å². The van der Waals surface area contributed by atoms with Gasteiger partial charge in [-0.25, -0.2) is 4.79 Å². The van der Waals surface area contributed by atoms with Crippen LogP contribution in [0, 0.1) is 16.0 Å². The Morgan fingerprint density at radius 1 is 1.61 bits per heavy atom.